The lowest BCUT2D eigenvalue weighted by atomic mass is 9.88. The number of hydrogen-bond acceptors (Lipinski definition) is 2. The van der Waals surface area contributed by atoms with E-state index in [4.69, 9.17) is 4.74 Å². The molecule has 1 aromatic carbocycles. The average molecular weight is 301 g/mol. The Morgan fingerprint density at radius 1 is 1.29 bits per heavy atom. The van der Waals surface area contributed by atoms with Crippen molar-refractivity contribution in [3.63, 3.8) is 0 Å². The van der Waals surface area contributed by atoms with Gasteiger partial charge in [0.25, 0.3) is 0 Å². The van der Waals surface area contributed by atoms with Gasteiger partial charge in [-0.15, -0.1) is 0 Å². The summed E-state index contributed by atoms with van der Waals surface area (Å²) < 4.78 is 6.53. The number of aliphatic hydroxyl groups excluding tert-OH is 1. The van der Waals surface area contributed by atoms with Gasteiger partial charge in [0.2, 0.25) is 0 Å². The van der Waals surface area contributed by atoms with Crippen LogP contribution in [0, 0.1) is 11.8 Å². The zero-order chi connectivity index (χ0) is 13.0. The third-order valence-electron chi connectivity index (χ3n) is 3.14. The highest BCUT2D eigenvalue weighted by Crippen LogP contribution is 2.35. The van der Waals surface area contributed by atoms with E-state index < -0.39 is 6.10 Å². The van der Waals surface area contributed by atoms with E-state index in [1.54, 1.807) is 0 Å². The Labute approximate surface area is 112 Å². The molecule has 2 unspecified atom stereocenters. The Balaban J connectivity index is 3.05. The van der Waals surface area contributed by atoms with Crippen molar-refractivity contribution < 1.29 is 9.84 Å². The largest absolute Gasteiger partial charge is 0.493 e. The fourth-order valence-electron chi connectivity index (χ4n) is 1.69. The summed E-state index contributed by atoms with van der Waals surface area (Å²) in [6.45, 7) is 8.85. The maximum atomic E-state index is 10.4. The summed E-state index contributed by atoms with van der Waals surface area (Å²) in [5.41, 5.74) is 0.863. The normalized spacial score (nSPS) is 14.8. The van der Waals surface area contributed by atoms with Crippen molar-refractivity contribution in [2.45, 2.75) is 33.8 Å². The molecule has 2 nitrogen and oxygen atoms in total. The quantitative estimate of drug-likeness (QED) is 0.884. The Kier molecular flexibility index (Phi) is 5.47. The molecule has 0 saturated heterocycles. The molecule has 0 aliphatic carbocycles. The van der Waals surface area contributed by atoms with Crippen LogP contribution >= 0.6 is 15.9 Å². The van der Waals surface area contributed by atoms with Crippen molar-refractivity contribution >= 4 is 15.9 Å². The zero-order valence-electron chi connectivity index (χ0n) is 10.9. The van der Waals surface area contributed by atoms with Crippen LogP contribution in [0.3, 0.4) is 0 Å². The van der Waals surface area contributed by atoms with Gasteiger partial charge in [-0.2, -0.15) is 0 Å². The Morgan fingerprint density at radius 3 is 2.47 bits per heavy atom. The third kappa shape index (κ3) is 3.71. The van der Waals surface area contributed by atoms with E-state index in [0.717, 1.165) is 15.8 Å². The second-order valence-corrected chi connectivity index (χ2v) is 5.58. The SMILES string of the molecule is CCOc1ccc(Br)cc1C(O)C(C)C(C)C. The fraction of sp³-hybridized carbons (Fsp3) is 0.571. The van der Waals surface area contributed by atoms with E-state index in [9.17, 15) is 5.11 Å². The standard InChI is InChI=1S/C14H21BrO2/c1-5-17-13-7-6-11(15)8-12(13)14(16)10(4)9(2)3/h6-10,14,16H,5H2,1-4H3. The number of benzene rings is 1. The number of ether oxygens (including phenoxy) is 1. The van der Waals surface area contributed by atoms with Gasteiger partial charge in [-0.05, 0) is 37.0 Å². The number of aliphatic hydroxyl groups is 1. The second kappa shape index (κ2) is 6.41. The molecule has 0 bridgehead atoms. The van der Waals surface area contributed by atoms with Gasteiger partial charge in [0, 0.05) is 10.0 Å². The lowest BCUT2D eigenvalue weighted by Crippen LogP contribution is -2.16. The summed E-state index contributed by atoms with van der Waals surface area (Å²) >= 11 is 3.44. The van der Waals surface area contributed by atoms with Crippen LogP contribution in [-0.4, -0.2) is 11.7 Å². The fourth-order valence-corrected chi connectivity index (χ4v) is 2.06. The first-order chi connectivity index (χ1) is 7.97. The molecule has 96 valence electrons. The van der Waals surface area contributed by atoms with E-state index in [1.165, 1.54) is 0 Å². The Morgan fingerprint density at radius 2 is 1.94 bits per heavy atom. The molecule has 1 rings (SSSR count). The first-order valence-corrected chi connectivity index (χ1v) is 6.87. The first-order valence-electron chi connectivity index (χ1n) is 6.07. The van der Waals surface area contributed by atoms with Crippen molar-refractivity contribution in [1.29, 1.82) is 0 Å². The minimum atomic E-state index is -0.492. The van der Waals surface area contributed by atoms with Gasteiger partial charge in [0.1, 0.15) is 5.75 Å². The molecule has 0 radical (unpaired) electrons. The van der Waals surface area contributed by atoms with Crippen molar-refractivity contribution in [3.8, 4) is 5.75 Å². The predicted octanol–water partition coefficient (Wildman–Crippen LogP) is 4.17. The highest BCUT2D eigenvalue weighted by atomic mass is 79.9. The van der Waals surface area contributed by atoms with Crippen LogP contribution in [0.4, 0.5) is 0 Å². The van der Waals surface area contributed by atoms with Gasteiger partial charge in [0.05, 0.1) is 12.7 Å². The molecule has 1 aromatic rings. The molecule has 0 aliphatic rings. The highest BCUT2D eigenvalue weighted by Gasteiger charge is 2.22. The summed E-state index contributed by atoms with van der Waals surface area (Å²) in [6.07, 6.45) is -0.492. The van der Waals surface area contributed by atoms with Crippen molar-refractivity contribution in [1.82, 2.24) is 0 Å². The molecule has 0 spiro atoms. The summed E-state index contributed by atoms with van der Waals surface area (Å²) in [7, 11) is 0. The van der Waals surface area contributed by atoms with Crippen molar-refractivity contribution in [2.24, 2.45) is 11.8 Å². The molecule has 0 amide bonds. The Hall–Kier alpha value is -0.540. The van der Waals surface area contributed by atoms with Crippen LogP contribution in [0.15, 0.2) is 22.7 Å². The van der Waals surface area contributed by atoms with Gasteiger partial charge in [-0.25, -0.2) is 0 Å². The highest BCUT2D eigenvalue weighted by molar-refractivity contribution is 9.10. The van der Waals surface area contributed by atoms with E-state index >= 15 is 0 Å². The summed E-state index contributed by atoms with van der Waals surface area (Å²) in [4.78, 5) is 0. The molecule has 0 saturated carbocycles. The average Bonchev–Trinajstić information content (AvgIpc) is 2.29. The molecular formula is C14H21BrO2. The van der Waals surface area contributed by atoms with Crippen LogP contribution in [0.25, 0.3) is 0 Å². The van der Waals surface area contributed by atoms with Crippen LogP contribution in [-0.2, 0) is 0 Å². The molecule has 0 fully saturated rings. The lowest BCUT2D eigenvalue weighted by molar-refractivity contribution is 0.0888. The predicted molar refractivity (Wildman–Crippen MR) is 74.3 cm³/mol. The van der Waals surface area contributed by atoms with Crippen LogP contribution in [0.5, 0.6) is 5.75 Å². The summed E-state index contributed by atoms with van der Waals surface area (Å²) in [6, 6.07) is 5.77. The van der Waals surface area contributed by atoms with Gasteiger partial charge >= 0.3 is 0 Å². The molecular weight excluding hydrogens is 280 g/mol. The van der Waals surface area contributed by atoms with Crippen LogP contribution in [0.2, 0.25) is 0 Å². The van der Waals surface area contributed by atoms with E-state index in [-0.39, 0.29) is 5.92 Å². The van der Waals surface area contributed by atoms with E-state index in [0.29, 0.717) is 12.5 Å². The van der Waals surface area contributed by atoms with Gasteiger partial charge in [0.15, 0.2) is 0 Å². The smallest absolute Gasteiger partial charge is 0.125 e. The maximum absolute atomic E-state index is 10.4. The second-order valence-electron chi connectivity index (χ2n) is 4.66. The molecule has 0 aliphatic heterocycles. The minimum absolute atomic E-state index is 0.198. The van der Waals surface area contributed by atoms with E-state index in [2.05, 4.69) is 36.7 Å². The first kappa shape index (κ1) is 14.5. The lowest BCUT2D eigenvalue weighted by Gasteiger charge is -2.24. The molecule has 0 heterocycles. The van der Waals surface area contributed by atoms with Crippen molar-refractivity contribution in [2.75, 3.05) is 6.61 Å². The molecule has 2 atom stereocenters. The van der Waals surface area contributed by atoms with Crippen LogP contribution in [0.1, 0.15) is 39.4 Å². The van der Waals surface area contributed by atoms with Gasteiger partial charge in [-0.3, -0.25) is 0 Å². The number of hydrogen-bond donors (Lipinski definition) is 1. The topological polar surface area (TPSA) is 29.5 Å². The summed E-state index contributed by atoms with van der Waals surface area (Å²) in [5, 5.41) is 10.4. The third-order valence-corrected chi connectivity index (χ3v) is 3.63. The Bertz CT molecular complexity index is 363. The number of rotatable bonds is 5. The molecule has 1 N–H and O–H groups in total. The molecule has 17 heavy (non-hydrogen) atoms. The maximum Gasteiger partial charge on any atom is 0.125 e. The molecule has 0 aromatic heterocycles. The van der Waals surface area contributed by atoms with Crippen molar-refractivity contribution in [3.05, 3.63) is 28.2 Å². The van der Waals surface area contributed by atoms with Gasteiger partial charge in [-0.1, -0.05) is 36.7 Å². The monoisotopic (exact) mass is 300 g/mol. The minimum Gasteiger partial charge on any atom is -0.493 e. The summed E-state index contributed by atoms with van der Waals surface area (Å²) in [5.74, 6) is 1.40. The van der Waals surface area contributed by atoms with E-state index in [1.807, 2.05) is 25.1 Å². The van der Waals surface area contributed by atoms with Gasteiger partial charge < -0.3 is 9.84 Å². The molecule has 3 heteroatoms. The van der Waals surface area contributed by atoms with Crippen LogP contribution < -0.4 is 4.74 Å². The number of halogens is 1. The zero-order valence-corrected chi connectivity index (χ0v) is 12.5.